The molecule has 0 atom stereocenters. The lowest BCUT2D eigenvalue weighted by molar-refractivity contribution is -0.141. The molecular weight excluding hydrogens is 394 g/mol. The monoisotopic (exact) mass is 429 g/mol. The minimum Gasteiger partial charge on any atom is -0.484 e. The van der Waals surface area contributed by atoms with Crippen LogP contribution in [0.1, 0.15) is 46.5 Å². The maximum Gasteiger partial charge on any atom is 0.260 e. The van der Waals surface area contributed by atoms with E-state index in [0.717, 1.165) is 12.8 Å². The largest absolute Gasteiger partial charge is 0.484 e. The van der Waals surface area contributed by atoms with Crippen molar-refractivity contribution in [3.05, 3.63) is 30.3 Å². The fourth-order valence-electron chi connectivity index (χ4n) is 4.16. The molecule has 31 heavy (non-hydrogen) atoms. The number of carbonyl (C=O) groups excluding carboxylic acids is 3. The number of nitrogens with zero attached hydrogens (tertiary/aromatic N) is 2. The van der Waals surface area contributed by atoms with Gasteiger partial charge in [0, 0.05) is 43.6 Å². The molecule has 1 aromatic rings. The van der Waals surface area contributed by atoms with E-state index in [9.17, 15) is 14.4 Å². The van der Waals surface area contributed by atoms with E-state index in [-0.39, 0.29) is 41.7 Å². The third-order valence-corrected chi connectivity index (χ3v) is 6.09. The molecule has 2 heterocycles. The van der Waals surface area contributed by atoms with Crippen LogP contribution < -0.4 is 10.1 Å². The predicted molar refractivity (Wildman–Crippen MR) is 118 cm³/mol. The molecule has 0 aliphatic carbocycles. The average Bonchev–Trinajstić information content (AvgIpc) is 2.77. The van der Waals surface area contributed by atoms with Gasteiger partial charge in [-0.15, -0.1) is 0 Å². The summed E-state index contributed by atoms with van der Waals surface area (Å²) >= 11 is 0. The first-order chi connectivity index (χ1) is 14.7. The Morgan fingerprint density at radius 3 is 2.10 bits per heavy atom. The fraction of sp³-hybridized carbons (Fsp3) is 0.625. The predicted octanol–water partition coefficient (Wildman–Crippen LogP) is 2.46. The highest BCUT2D eigenvalue weighted by Crippen LogP contribution is 2.22. The van der Waals surface area contributed by atoms with Gasteiger partial charge in [0.05, 0.1) is 0 Å². The van der Waals surface area contributed by atoms with Crippen molar-refractivity contribution >= 4 is 17.7 Å². The Morgan fingerprint density at radius 1 is 0.935 bits per heavy atom. The Bertz CT molecular complexity index is 759. The smallest absolute Gasteiger partial charge is 0.260 e. The third-order valence-electron chi connectivity index (χ3n) is 6.09. The van der Waals surface area contributed by atoms with Crippen LogP contribution in [0.4, 0.5) is 0 Å². The summed E-state index contributed by atoms with van der Waals surface area (Å²) in [6.45, 7) is 8.37. The third kappa shape index (κ3) is 6.45. The summed E-state index contributed by atoms with van der Waals surface area (Å²) in [7, 11) is 0. The molecule has 1 aromatic carbocycles. The van der Waals surface area contributed by atoms with Crippen LogP contribution in [0.2, 0.25) is 0 Å². The lowest BCUT2D eigenvalue weighted by Crippen LogP contribution is -2.51. The summed E-state index contributed by atoms with van der Waals surface area (Å²) in [6, 6.07) is 9.42. The van der Waals surface area contributed by atoms with Gasteiger partial charge in [-0.25, -0.2) is 0 Å². The number of hydrogen-bond donors (Lipinski definition) is 1. The van der Waals surface area contributed by atoms with E-state index < -0.39 is 0 Å². The normalized spacial score (nSPS) is 18.5. The van der Waals surface area contributed by atoms with Crippen molar-refractivity contribution in [2.45, 2.75) is 52.5 Å². The van der Waals surface area contributed by atoms with Crippen molar-refractivity contribution in [1.29, 1.82) is 0 Å². The fourth-order valence-corrected chi connectivity index (χ4v) is 4.16. The van der Waals surface area contributed by atoms with Gasteiger partial charge >= 0.3 is 0 Å². The van der Waals surface area contributed by atoms with Gasteiger partial charge in [0.1, 0.15) is 5.75 Å². The van der Waals surface area contributed by atoms with Crippen molar-refractivity contribution in [3.8, 4) is 5.75 Å². The van der Waals surface area contributed by atoms with E-state index in [4.69, 9.17) is 4.74 Å². The SMILES string of the molecule is CC(C)(C)C(=O)N1CCC(NC(=O)C2CCN(C(=O)COc3ccccc3)CC2)CC1. The Balaban J connectivity index is 1.37. The standard InChI is InChI=1S/C24H35N3O4/c1-24(2,3)23(30)27-15-11-19(12-16-27)25-22(29)18-9-13-26(14-10-18)21(28)17-31-20-7-5-4-6-8-20/h4-8,18-19H,9-17H2,1-3H3,(H,25,29). The molecule has 0 aromatic heterocycles. The molecule has 2 saturated heterocycles. The number of para-hydroxylation sites is 1. The molecule has 3 amide bonds. The summed E-state index contributed by atoms with van der Waals surface area (Å²) in [6.07, 6.45) is 2.93. The molecule has 2 aliphatic rings. The number of rotatable bonds is 5. The number of piperidine rings is 2. The van der Waals surface area contributed by atoms with Gasteiger partial charge in [0.15, 0.2) is 6.61 Å². The zero-order chi connectivity index (χ0) is 22.4. The zero-order valence-corrected chi connectivity index (χ0v) is 18.9. The van der Waals surface area contributed by atoms with E-state index in [0.29, 0.717) is 44.8 Å². The number of nitrogens with one attached hydrogen (secondary N) is 1. The number of carbonyl (C=O) groups is 3. The quantitative estimate of drug-likeness (QED) is 0.780. The molecule has 2 aliphatic heterocycles. The lowest BCUT2D eigenvalue weighted by Gasteiger charge is -2.37. The van der Waals surface area contributed by atoms with Gasteiger partial charge in [-0.1, -0.05) is 39.0 Å². The van der Waals surface area contributed by atoms with Gasteiger partial charge in [-0.3, -0.25) is 14.4 Å². The first-order valence-electron chi connectivity index (χ1n) is 11.3. The van der Waals surface area contributed by atoms with Crippen LogP contribution in [0.5, 0.6) is 5.75 Å². The molecule has 0 radical (unpaired) electrons. The zero-order valence-electron chi connectivity index (χ0n) is 18.9. The van der Waals surface area contributed by atoms with Gasteiger partial charge in [-0.05, 0) is 37.8 Å². The summed E-state index contributed by atoms with van der Waals surface area (Å²) in [4.78, 5) is 41.2. The summed E-state index contributed by atoms with van der Waals surface area (Å²) in [5.74, 6) is 0.825. The number of amides is 3. The Hall–Kier alpha value is -2.57. The van der Waals surface area contributed by atoms with E-state index >= 15 is 0 Å². The van der Waals surface area contributed by atoms with Gasteiger partial charge in [0.25, 0.3) is 5.91 Å². The second-order valence-electron chi connectivity index (χ2n) is 9.58. The van der Waals surface area contributed by atoms with E-state index in [1.165, 1.54) is 0 Å². The molecule has 170 valence electrons. The van der Waals surface area contributed by atoms with E-state index in [2.05, 4.69) is 5.32 Å². The molecule has 3 rings (SSSR count). The van der Waals surface area contributed by atoms with Crippen LogP contribution in [0.15, 0.2) is 30.3 Å². The molecule has 7 nitrogen and oxygen atoms in total. The maximum atomic E-state index is 12.7. The van der Waals surface area contributed by atoms with Crippen molar-refractivity contribution < 1.29 is 19.1 Å². The van der Waals surface area contributed by atoms with Crippen molar-refractivity contribution in [2.24, 2.45) is 11.3 Å². The van der Waals surface area contributed by atoms with Crippen molar-refractivity contribution in [3.63, 3.8) is 0 Å². The molecule has 0 saturated carbocycles. The molecular formula is C24H35N3O4. The lowest BCUT2D eigenvalue weighted by atomic mass is 9.92. The molecule has 2 fully saturated rings. The van der Waals surface area contributed by atoms with E-state index in [1.807, 2.05) is 56.0 Å². The number of hydrogen-bond acceptors (Lipinski definition) is 4. The van der Waals surface area contributed by atoms with Gasteiger partial charge in [0.2, 0.25) is 11.8 Å². The summed E-state index contributed by atoms with van der Waals surface area (Å²) in [5.41, 5.74) is -0.367. The Morgan fingerprint density at radius 2 is 1.52 bits per heavy atom. The Kier molecular flexibility index (Phi) is 7.57. The Labute approximate surface area is 185 Å². The first kappa shape index (κ1) is 23.1. The van der Waals surface area contributed by atoms with Crippen molar-refractivity contribution in [2.75, 3.05) is 32.8 Å². The van der Waals surface area contributed by atoms with E-state index in [1.54, 1.807) is 4.90 Å². The molecule has 0 spiro atoms. The molecule has 1 N–H and O–H groups in total. The van der Waals surface area contributed by atoms with Crippen LogP contribution in [0, 0.1) is 11.3 Å². The number of benzene rings is 1. The first-order valence-corrected chi connectivity index (χ1v) is 11.3. The highest BCUT2D eigenvalue weighted by Gasteiger charge is 2.32. The number of ether oxygens (including phenoxy) is 1. The van der Waals surface area contributed by atoms with Crippen LogP contribution in [0.3, 0.4) is 0 Å². The molecule has 0 unspecified atom stereocenters. The highest BCUT2D eigenvalue weighted by molar-refractivity contribution is 5.82. The average molecular weight is 430 g/mol. The maximum absolute atomic E-state index is 12.7. The van der Waals surface area contributed by atoms with Crippen LogP contribution in [0.25, 0.3) is 0 Å². The minimum absolute atomic E-state index is 0.0206. The summed E-state index contributed by atoms with van der Waals surface area (Å²) < 4.78 is 5.54. The second-order valence-corrected chi connectivity index (χ2v) is 9.58. The molecule has 0 bridgehead atoms. The van der Waals surface area contributed by atoms with Crippen LogP contribution in [-0.2, 0) is 14.4 Å². The molecule has 7 heteroatoms. The van der Waals surface area contributed by atoms with Crippen molar-refractivity contribution in [1.82, 2.24) is 15.1 Å². The topological polar surface area (TPSA) is 79.0 Å². The second kappa shape index (κ2) is 10.2. The minimum atomic E-state index is -0.367. The van der Waals surface area contributed by atoms with Gasteiger partial charge < -0.3 is 19.9 Å². The van der Waals surface area contributed by atoms with Gasteiger partial charge in [-0.2, -0.15) is 0 Å². The van der Waals surface area contributed by atoms with Crippen LogP contribution in [-0.4, -0.2) is 66.3 Å². The van der Waals surface area contributed by atoms with Crippen LogP contribution >= 0.6 is 0 Å². The summed E-state index contributed by atoms with van der Waals surface area (Å²) in [5, 5.41) is 3.17. The number of likely N-dealkylation sites (tertiary alicyclic amines) is 2. The highest BCUT2D eigenvalue weighted by atomic mass is 16.5.